The predicted octanol–water partition coefficient (Wildman–Crippen LogP) is 0.662. The normalized spacial score (nSPS) is 10.3. The first-order chi connectivity index (χ1) is 7.79. The van der Waals surface area contributed by atoms with Crippen LogP contribution in [-0.2, 0) is 4.79 Å². The standard InChI is InChI=1S/C8H8N4O3S/c13-6(12-14)4-16-8-9-7(10-11-8)5-2-1-3-15-5/h1-3,14H,4H2,(H,12,13)(H,9,10,11). The number of furan rings is 1. The van der Waals surface area contributed by atoms with Crippen LogP contribution < -0.4 is 5.48 Å². The summed E-state index contributed by atoms with van der Waals surface area (Å²) in [4.78, 5) is 14.9. The molecule has 0 saturated heterocycles. The Labute approximate surface area is 94.2 Å². The number of nitrogens with one attached hydrogen (secondary N) is 2. The summed E-state index contributed by atoms with van der Waals surface area (Å²) in [6, 6.07) is 3.49. The molecule has 0 bridgehead atoms. The van der Waals surface area contributed by atoms with Crippen molar-refractivity contribution in [1.29, 1.82) is 0 Å². The van der Waals surface area contributed by atoms with Crippen LogP contribution in [0.25, 0.3) is 11.6 Å². The Balaban J connectivity index is 2.00. The molecule has 16 heavy (non-hydrogen) atoms. The van der Waals surface area contributed by atoms with Crippen LogP contribution in [0.3, 0.4) is 0 Å². The Morgan fingerprint density at radius 1 is 1.69 bits per heavy atom. The smallest absolute Gasteiger partial charge is 0.253 e. The molecule has 0 unspecified atom stereocenters. The van der Waals surface area contributed by atoms with E-state index < -0.39 is 5.91 Å². The number of hydrogen-bond acceptors (Lipinski definition) is 6. The second kappa shape index (κ2) is 4.81. The van der Waals surface area contributed by atoms with Gasteiger partial charge >= 0.3 is 0 Å². The number of carbonyl (C=O) groups excluding carboxylic acids is 1. The molecule has 2 aromatic rings. The number of H-pyrrole nitrogens is 1. The van der Waals surface area contributed by atoms with E-state index in [1.54, 1.807) is 12.1 Å². The summed E-state index contributed by atoms with van der Waals surface area (Å²) in [5.74, 6) is 0.614. The van der Waals surface area contributed by atoms with Crippen molar-refractivity contribution in [3.8, 4) is 11.6 Å². The second-order valence-corrected chi connectivity index (χ2v) is 3.71. The maximum absolute atomic E-state index is 10.8. The Morgan fingerprint density at radius 2 is 2.56 bits per heavy atom. The molecule has 0 radical (unpaired) electrons. The number of hydrogen-bond donors (Lipinski definition) is 3. The summed E-state index contributed by atoms with van der Waals surface area (Å²) < 4.78 is 5.12. The van der Waals surface area contributed by atoms with E-state index in [-0.39, 0.29) is 5.75 Å². The first kappa shape index (κ1) is 10.7. The van der Waals surface area contributed by atoms with Crippen molar-refractivity contribution in [2.24, 2.45) is 0 Å². The fourth-order valence-corrected chi connectivity index (χ4v) is 1.59. The van der Waals surface area contributed by atoms with E-state index in [0.717, 1.165) is 11.8 Å². The van der Waals surface area contributed by atoms with E-state index in [2.05, 4.69) is 15.2 Å². The molecular weight excluding hydrogens is 232 g/mol. The maximum atomic E-state index is 10.8. The predicted molar refractivity (Wildman–Crippen MR) is 54.7 cm³/mol. The Morgan fingerprint density at radius 3 is 3.25 bits per heavy atom. The lowest BCUT2D eigenvalue weighted by Crippen LogP contribution is -2.20. The lowest BCUT2D eigenvalue weighted by atomic mass is 10.4. The fourth-order valence-electron chi connectivity index (χ4n) is 0.997. The van der Waals surface area contributed by atoms with Gasteiger partial charge in [0.05, 0.1) is 12.0 Å². The first-order valence-electron chi connectivity index (χ1n) is 4.31. The zero-order valence-corrected chi connectivity index (χ0v) is 8.82. The van der Waals surface area contributed by atoms with Crippen molar-refractivity contribution in [1.82, 2.24) is 20.7 Å². The molecule has 2 heterocycles. The lowest BCUT2D eigenvalue weighted by molar-refractivity contribution is -0.126. The minimum Gasteiger partial charge on any atom is -0.461 e. The molecule has 2 rings (SSSR count). The SMILES string of the molecule is O=C(CSc1n[nH]c(-c2ccco2)n1)NO. The summed E-state index contributed by atoms with van der Waals surface area (Å²) in [5, 5.41) is 15.3. The zero-order chi connectivity index (χ0) is 11.4. The van der Waals surface area contributed by atoms with E-state index in [0.29, 0.717) is 16.7 Å². The minimum absolute atomic E-state index is 0.0476. The van der Waals surface area contributed by atoms with Gasteiger partial charge in [0.2, 0.25) is 5.16 Å². The average Bonchev–Trinajstić information content (AvgIpc) is 2.95. The number of hydroxylamine groups is 1. The highest BCUT2D eigenvalue weighted by atomic mass is 32.2. The van der Waals surface area contributed by atoms with Gasteiger partial charge in [-0.1, -0.05) is 11.8 Å². The number of amides is 1. The Bertz CT molecular complexity index is 467. The van der Waals surface area contributed by atoms with Crippen LogP contribution in [0.1, 0.15) is 0 Å². The number of nitrogens with zero attached hydrogens (tertiary/aromatic N) is 2. The number of aromatic amines is 1. The zero-order valence-electron chi connectivity index (χ0n) is 8.01. The third-order valence-electron chi connectivity index (χ3n) is 1.68. The molecule has 0 aliphatic heterocycles. The maximum Gasteiger partial charge on any atom is 0.253 e. The lowest BCUT2D eigenvalue weighted by Gasteiger charge is -1.93. The number of rotatable bonds is 4. The molecule has 2 aromatic heterocycles. The van der Waals surface area contributed by atoms with Crippen molar-refractivity contribution < 1.29 is 14.4 Å². The molecule has 0 aromatic carbocycles. The molecule has 84 valence electrons. The van der Waals surface area contributed by atoms with Crippen LogP contribution in [0.5, 0.6) is 0 Å². The molecular formula is C8H8N4O3S. The van der Waals surface area contributed by atoms with Gasteiger partial charge < -0.3 is 4.42 Å². The molecule has 0 aliphatic carbocycles. The Hall–Kier alpha value is -1.80. The van der Waals surface area contributed by atoms with Gasteiger partial charge in [-0.15, -0.1) is 5.10 Å². The van der Waals surface area contributed by atoms with Crippen molar-refractivity contribution in [2.45, 2.75) is 5.16 Å². The molecule has 0 spiro atoms. The molecule has 8 heteroatoms. The van der Waals surface area contributed by atoms with Crippen molar-refractivity contribution in [3.63, 3.8) is 0 Å². The molecule has 7 nitrogen and oxygen atoms in total. The summed E-state index contributed by atoms with van der Waals surface area (Å²) in [6.45, 7) is 0. The van der Waals surface area contributed by atoms with Crippen LogP contribution in [0, 0.1) is 0 Å². The highest BCUT2D eigenvalue weighted by molar-refractivity contribution is 7.99. The monoisotopic (exact) mass is 240 g/mol. The van der Waals surface area contributed by atoms with E-state index >= 15 is 0 Å². The van der Waals surface area contributed by atoms with E-state index in [9.17, 15) is 4.79 Å². The number of carbonyl (C=O) groups is 1. The molecule has 0 fully saturated rings. The first-order valence-corrected chi connectivity index (χ1v) is 5.30. The topological polar surface area (TPSA) is 104 Å². The van der Waals surface area contributed by atoms with Gasteiger partial charge in [-0.2, -0.15) is 4.98 Å². The second-order valence-electron chi connectivity index (χ2n) is 2.77. The van der Waals surface area contributed by atoms with Gasteiger partial charge in [0.1, 0.15) is 0 Å². The molecule has 0 atom stereocenters. The van der Waals surface area contributed by atoms with Gasteiger partial charge in [0, 0.05) is 0 Å². The summed E-state index contributed by atoms with van der Waals surface area (Å²) in [5.41, 5.74) is 1.53. The molecule has 0 aliphatic rings. The minimum atomic E-state index is -0.505. The Kier molecular flexibility index (Phi) is 3.22. The average molecular weight is 240 g/mol. The highest BCUT2D eigenvalue weighted by Gasteiger charge is 2.09. The van der Waals surface area contributed by atoms with E-state index in [1.165, 1.54) is 11.7 Å². The number of aromatic nitrogens is 3. The van der Waals surface area contributed by atoms with Gasteiger partial charge in [-0.3, -0.25) is 15.1 Å². The third kappa shape index (κ3) is 2.41. The van der Waals surface area contributed by atoms with Crippen molar-refractivity contribution in [3.05, 3.63) is 18.4 Å². The molecule has 0 saturated carbocycles. The van der Waals surface area contributed by atoms with Crippen LogP contribution in [-0.4, -0.2) is 32.0 Å². The largest absolute Gasteiger partial charge is 0.461 e. The van der Waals surface area contributed by atoms with Crippen LogP contribution in [0.2, 0.25) is 0 Å². The van der Waals surface area contributed by atoms with E-state index in [1.807, 2.05) is 0 Å². The fraction of sp³-hybridized carbons (Fsp3) is 0.125. The summed E-state index contributed by atoms with van der Waals surface area (Å²) in [7, 11) is 0. The van der Waals surface area contributed by atoms with Crippen LogP contribution in [0.15, 0.2) is 28.0 Å². The van der Waals surface area contributed by atoms with Crippen LogP contribution in [0.4, 0.5) is 0 Å². The van der Waals surface area contributed by atoms with Crippen LogP contribution >= 0.6 is 11.8 Å². The van der Waals surface area contributed by atoms with Crippen molar-refractivity contribution >= 4 is 17.7 Å². The summed E-state index contributed by atoms with van der Waals surface area (Å²) >= 11 is 1.10. The van der Waals surface area contributed by atoms with Gasteiger partial charge in [-0.05, 0) is 12.1 Å². The molecule has 3 N–H and O–H groups in total. The van der Waals surface area contributed by atoms with E-state index in [4.69, 9.17) is 9.62 Å². The number of thioether (sulfide) groups is 1. The third-order valence-corrected chi connectivity index (χ3v) is 2.52. The summed E-state index contributed by atoms with van der Waals surface area (Å²) in [6.07, 6.45) is 1.53. The van der Waals surface area contributed by atoms with Gasteiger partial charge in [-0.25, -0.2) is 5.48 Å². The quantitative estimate of drug-likeness (QED) is 0.412. The van der Waals surface area contributed by atoms with Gasteiger partial charge in [0.15, 0.2) is 11.6 Å². The molecule has 1 amide bonds. The van der Waals surface area contributed by atoms with Gasteiger partial charge in [0.25, 0.3) is 5.91 Å². The highest BCUT2D eigenvalue weighted by Crippen LogP contribution is 2.18. The van der Waals surface area contributed by atoms with Crippen molar-refractivity contribution in [2.75, 3.05) is 5.75 Å².